The summed E-state index contributed by atoms with van der Waals surface area (Å²) < 4.78 is 1.79. The lowest BCUT2D eigenvalue weighted by Crippen LogP contribution is -2.26. The van der Waals surface area contributed by atoms with E-state index < -0.39 is 0 Å². The van der Waals surface area contributed by atoms with Crippen LogP contribution in [0.1, 0.15) is 34.2 Å². The molecular weight excluding hydrogens is 262 g/mol. The number of aromatic nitrogens is 3. The van der Waals surface area contributed by atoms with Gasteiger partial charge in [0.05, 0.1) is 6.04 Å². The van der Waals surface area contributed by atoms with E-state index in [1.165, 1.54) is 11.3 Å². The molecular formula is C12H17N5OS. The first-order valence-corrected chi connectivity index (χ1v) is 6.92. The maximum absolute atomic E-state index is 11.9. The average Bonchev–Trinajstić information content (AvgIpc) is 2.98. The molecule has 19 heavy (non-hydrogen) atoms. The van der Waals surface area contributed by atoms with Gasteiger partial charge in [-0.2, -0.15) is 5.10 Å². The molecule has 2 heterocycles. The fraction of sp³-hybridized carbons (Fsp3) is 0.417. The van der Waals surface area contributed by atoms with Gasteiger partial charge in [-0.1, -0.05) is 0 Å². The van der Waals surface area contributed by atoms with Gasteiger partial charge in [-0.25, -0.2) is 4.98 Å². The Morgan fingerprint density at radius 1 is 1.63 bits per heavy atom. The molecule has 0 fully saturated rings. The van der Waals surface area contributed by atoms with Crippen LogP contribution in [0.4, 0.5) is 0 Å². The molecule has 0 aliphatic rings. The molecule has 0 saturated heterocycles. The third kappa shape index (κ3) is 3.39. The first-order valence-electron chi connectivity index (χ1n) is 6.04. The summed E-state index contributed by atoms with van der Waals surface area (Å²) >= 11 is 1.41. The second-order valence-electron chi connectivity index (χ2n) is 4.31. The summed E-state index contributed by atoms with van der Waals surface area (Å²) in [6, 6.07) is 1.80. The fourth-order valence-corrected chi connectivity index (χ4v) is 2.40. The van der Waals surface area contributed by atoms with E-state index in [-0.39, 0.29) is 11.9 Å². The maximum Gasteiger partial charge on any atom is 0.270 e. The van der Waals surface area contributed by atoms with Crippen LogP contribution >= 0.6 is 11.3 Å². The lowest BCUT2D eigenvalue weighted by atomic mass is 10.3. The predicted octanol–water partition coefficient (Wildman–Crippen LogP) is 0.869. The number of thiazole rings is 1. The summed E-state index contributed by atoms with van der Waals surface area (Å²) in [6.45, 7) is 2.41. The zero-order chi connectivity index (χ0) is 13.8. The van der Waals surface area contributed by atoms with Crippen molar-refractivity contribution in [3.05, 3.63) is 34.0 Å². The van der Waals surface area contributed by atoms with Crippen molar-refractivity contribution in [2.24, 2.45) is 12.8 Å². The molecule has 2 aromatic rings. The van der Waals surface area contributed by atoms with Crippen LogP contribution in [0.5, 0.6) is 0 Å². The molecule has 0 saturated carbocycles. The van der Waals surface area contributed by atoms with Gasteiger partial charge in [0.2, 0.25) is 0 Å². The van der Waals surface area contributed by atoms with E-state index in [0.29, 0.717) is 12.2 Å². The van der Waals surface area contributed by atoms with E-state index in [1.807, 2.05) is 20.0 Å². The monoisotopic (exact) mass is 279 g/mol. The smallest absolute Gasteiger partial charge is 0.270 e. The highest BCUT2D eigenvalue weighted by Crippen LogP contribution is 2.15. The van der Waals surface area contributed by atoms with Crippen LogP contribution in [-0.4, -0.2) is 27.2 Å². The third-order valence-electron chi connectivity index (χ3n) is 2.73. The average molecular weight is 279 g/mol. The molecule has 0 bridgehead atoms. The van der Waals surface area contributed by atoms with Gasteiger partial charge in [0, 0.05) is 37.3 Å². The Morgan fingerprint density at radius 3 is 3.00 bits per heavy atom. The van der Waals surface area contributed by atoms with Gasteiger partial charge < -0.3 is 11.1 Å². The van der Waals surface area contributed by atoms with Crippen LogP contribution in [0, 0.1) is 0 Å². The van der Waals surface area contributed by atoms with Crippen molar-refractivity contribution in [2.75, 3.05) is 6.54 Å². The zero-order valence-electron chi connectivity index (χ0n) is 11.0. The summed E-state index contributed by atoms with van der Waals surface area (Å²) in [4.78, 5) is 16.1. The normalized spacial score (nSPS) is 12.4. The second-order valence-corrected chi connectivity index (χ2v) is 5.20. The van der Waals surface area contributed by atoms with Crippen molar-refractivity contribution in [3.63, 3.8) is 0 Å². The van der Waals surface area contributed by atoms with Gasteiger partial charge in [0.1, 0.15) is 10.7 Å². The molecule has 2 aromatic heterocycles. The van der Waals surface area contributed by atoms with Crippen LogP contribution in [0.3, 0.4) is 0 Å². The first-order chi connectivity index (χ1) is 9.08. The van der Waals surface area contributed by atoms with E-state index in [1.54, 1.807) is 16.3 Å². The molecule has 0 radical (unpaired) electrons. The Balaban J connectivity index is 1.85. The molecule has 3 N–H and O–H groups in total. The molecule has 102 valence electrons. The zero-order valence-corrected chi connectivity index (χ0v) is 11.8. The molecule has 1 unspecified atom stereocenters. The topological polar surface area (TPSA) is 85.8 Å². The van der Waals surface area contributed by atoms with Gasteiger partial charge in [-0.3, -0.25) is 9.48 Å². The number of hydrogen-bond donors (Lipinski definition) is 2. The lowest BCUT2D eigenvalue weighted by molar-refractivity contribution is 0.0949. The van der Waals surface area contributed by atoms with Crippen molar-refractivity contribution in [1.82, 2.24) is 20.1 Å². The molecule has 6 nitrogen and oxygen atoms in total. The van der Waals surface area contributed by atoms with E-state index in [9.17, 15) is 4.79 Å². The number of amides is 1. The van der Waals surface area contributed by atoms with Crippen LogP contribution in [0.2, 0.25) is 0 Å². The number of nitrogens with zero attached hydrogens (tertiary/aromatic N) is 3. The number of nitrogens with two attached hydrogens (primary N) is 1. The largest absolute Gasteiger partial charge is 0.350 e. The number of carbonyl (C=O) groups excluding carboxylic acids is 1. The standard InChI is InChI=1S/C12H17N5OS/c1-8(13)12-16-10(7-19-12)11(18)14-5-3-9-4-6-15-17(9)2/h4,6-8H,3,5,13H2,1-2H3,(H,14,18). The van der Waals surface area contributed by atoms with Crippen molar-refractivity contribution in [1.29, 1.82) is 0 Å². The number of rotatable bonds is 5. The molecule has 0 aromatic carbocycles. The van der Waals surface area contributed by atoms with Gasteiger partial charge in [-0.15, -0.1) is 11.3 Å². The molecule has 1 atom stereocenters. The Morgan fingerprint density at radius 2 is 2.42 bits per heavy atom. The van der Waals surface area contributed by atoms with Crippen molar-refractivity contribution < 1.29 is 4.79 Å². The Kier molecular flexibility index (Phi) is 4.28. The van der Waals surface area contributed by atoms with Crippen molar-refractivity contribution in [3.8, 4) is 0 Å². The van der Waals surface area contributed by atoms with E-state index in [4.69, 9.17) is 5.73 Å². The van der Waals surface area contributed by atoms with Gasteiger partial charge in [0.15, 0.2) is 0 Å². The molecule has 0 aliphatic carbocycles. The summed E-state index contributed by atoms with van der Waals surface area (Å²) in [5.74, 6) is -0.162. The molecule has 0 spiro atoms. The number of nitrogens with one attached hydrogen (secondary N) is 1. The molecule has 0 aliphatic heterocycles. The van der Waals surface area contributed by atoms with Crippen LogP contribution in [0.15, 0.2) is 17.6 Å². The SMILES string of the molecule is CC(N)c1nc(C(=O)NCCc2ccnn2C)cs1. The van der Waals surface area contributed by atoms with Gasteiger partial charge >= 0.3 is 0 Å². The fourth-order valence-electron chi connectivity index (χ4n) is 1.64. The van der Waals surface area contributed by atoms with Crippen LogP contribution in [-0.2, 0) is 13.5 Å². The Hall–Kier alpha value is -1.73. The highest BCUT2D eigenvalue weighted by Gasteiger charge is 2.12. The Labute approximate surface area is 115 Å². The quantitative estimate of drug-likeness (QED) is 0.850. The van der Waals surface area contributed by atoms with Crippen molar-refractivity contribution in [2.45, 2.75) is 19.4 Å². The summed E-state index contributed by atoms with van der Waals surface area (Å²) in [7, 11) is 1.88. The summed E-state index contributed by atoms with van der Waals surface area (Å²) in [5.41, 5.74) is 7.23. The van der Waals surface area contributed by atoms with Gasteiger partial charge in [-0.05, 0) is 13.0 Å². The Bertz CT molecular complexity index is 560. The second kappa shape index (κ2) is 5.94. The third-order valence-corrected chi connectivity index (χ3v) is 3.78. The number of hydrogen-bond acceptors (Lipinski definition) is 5. The molecule has 7 heteroatoms. The number of carbonyl (C=O) groups is 1. The van der Waals surface area contributed by atoms with E-state index in [2.05, 4.69) is 15.4 Å². The van der Waals surface area contributed by atoms with E-state index >= 15 is 0 Å². The van der Waals surface area contributed by atoms with E-state index in [0.717, 1.165) is 17.1 Å². The minimum Gasteiger partial charge on any atom is -0.350 e. The van der Waals surface area contributed by atoms with Crippen LogP contribution in [0.25, 0.3) is 0 Å². The lowest BCUT2D eigenvalue weighted by Gasteiger charge is -2.04. The van der Waals surface area contributed by atoms with Crippen molar-refractivity contribution >= 4 is 17.2 Å². The minimum atomic E-state index is -0.162. The number of aryl methyl sites for hydroxylation is 1. The predicted molar refractivity (Wildman–Crippen MR) is 74.0 cm³/mol. The minimum absolute atomic E-state index is 0.138. The van der Waals surface area contributed by atoms with Crippen LogP contribution < -0.4 is 11.1 Å². The summed E-state index contributed by atoms with van der Waals surface area (Å²) in [5, 5.41) is 9.42. The first kappa shape index (κ1) is 13.7. The molecule has 2 rings (SSSR count). The van der Waals surface area contributed by atoms with Gasteiger partial charge in [0.25, 0.3) is 5.91 Å². The summed E-state index contributed by atoms with van der Waals surface area (Å²) in [6.07, 6.45) is 2.49. The maximum atomic E-state index is 11.9. The highest BCUT2D eigenvalue weighted by molar-refractivity contribution is 7.09. The molecule has 1 amide bonds. The highest BCUT2D eigenvalue weighted by atomic mass is 32.1.